The van der Waals surface area contributed by atoms with E-state index in [1.165, 1.54) is 0 Å². The Bertz CT molecular complexity index is 806. The summed E-state index contributed by atoms with van der Waals surface area (Å²) in [7, 11) is 0. The number of hydrogen-bond acceptors (Lipinski definition) is 2. The van der Waals surface area contributed by atoms with Crippen molar-refractivity contribution in [3.63, 3.8) is 0 Å². The molecule has 1 unspecified atom stereocenters. The Morgan fingerprint density at radius 3 is 2.33 bits per heavy atom. The molecule has 0 fully saturated rings. The number of amides is 1. The van der Waals surface area contributed by atoms with Gasteiger partial charge in [0.05, 0.1) is 6.20 Å². The van der Waals surface area contributed by atoms with Gasteiger partial charge in [-0.1, -0.05) is 48.5 Å². The van der Waals surface area contributed by atoms with Crippen LogP contribution in [0, 0.1) is 6.92 Å². The fraction of sp³-hybridized carbons (Fsp3) is 0.100. The van der Waals surface area contributed by atoms with Crippen LogP contribution in [-0.2, 0) is 4.79 Å². The normalized spacial score (nSPS) is 11.7. The molecule has 0 aliphatic carbocycles. The lowest BCUT2D eigenvalue weighted by Gasteiger charge is -2.13. The van der Waals surface area contributed by atoms with Crippen LogP contribution >= 0.6 is 11.8 Å². The topological polar surface area (TPSA) is 43.2 Å². The largest absolute Gasteiger partial charge is 0.325 e. The third-order valence-corrected chi connectivity index (χ3v) is 4.82. The summed E-state index contributed by atoms with van der Waals surface area (Å²) in [5.41, 5.74) is 2.08. The second kappa shape index (κ2) is 7.79. The first-order valence-electron chi connectivity index (χ1n) is 7.78. The van der Waals surface area contributed by atoms with E-state index in [9.17, 15) is 4.79 Å². The van der Waals surface area contributed by atoms with Gasteiger partial charge in [0.1, 0.15) is 5.25 Å². The molecule has 24 heavy (non-hydrogen) atoms. The van der Waals surface area contributed by atoms with E-state index < -0.39 is 0 Å². The van der Waals surface area contributed by atoms with Gasteiger partial charge in [0.15, 0.2) is 0 Å². The van der Waals surface area contributed by atoms with E-state index in [-0.39, 0.29) is 11.2 Å². The van der Waals surface area contributed by atoms with Crippen molar-refractivity contribution < 1.29 is 9.78 Å². The van der Waals surface area contributed by atoms with Crippen molar-refractivity contribution in [2.45, 2.75) is 17.1 Å². The molecule has 1 atom stereocenters. The van der Waals surface area contributed by atoms with E-state index in [2.05, 4.69) is 10.3 Å². The van der Waals surface area contributed by atoms with Crippen molar-refractivity contribution in [1.82, 2.24) is 0 Å². The molecule has 0 aliphatic rings. The average Bonchev–Trinajstić information content (AvgIpc) is 2.61. The van der Waals surface area contributed by atoms with Gasteiger partial charge in [0.25, 0.3) is 5.82 Å². The quantitative estimate of drug-likeness (QED) is 0.707. The van der Waals surface area contributed by atoms with Gasteiger partial charge in [0, 0.05) is 11.0 Å². The van der Waals surface area contributed by atoms with Crippen LogP contribution in [0.15, 0.2) is 83.9 Å². The number of hydrogen-bond donors (Lipinski definition) is 1. The highest BCUT2D eigenvalue weighted by molar-refractivity contribution is 8.00. The number of aromatic nitrogens is 1. The Balaban J connectivity index is 1.85. The lowest BCUT2D eigenvalue weighted by Crippen LogP contribution is -2.23. The molecule has 3 aromatic rings. The average molecular weight is 335 g/mol. The standard InChI is InChI=1S/C20H18N2OS/c1-15-12-13-21-18(14-15)22-20(23)19(16-8-4-2-5-9-16)24-17-10-6-3-7-11-17/h2-14,19H,1H3,(H,21,22,23)/p+1. The summed E-state index contributed by atoms with van der Waals surface area (Å²) in [5.74, 6) is 0.659. The summed E-state index contributed by atoms with van der Waals surface area (Å²) in [6.07, 6.45) is 1.83. The number of aromatic amines is 1. The number of anilines is 1. The van der Waals surface area contributed by atoms with Crippen LogP contribution in [0.3, 0.4) is 0 Å². The van der Waals surface area contributed by atoms with Gasteiger partial charge in [-0.05, 0) is 36.2 Å². The minimum Gasteiger partial charge on any atom is -0.247 e. The van der Waals surface area contributed by atoms with Crippen LogP contribution in [0.2, 0.25) is 0 Å². The Morgan fingerprint density at radius 2 is 1.67 bits per heavy atom. The summed E-state index contributed by atoms with van der Waals surface area (Å²) in [6.45, 7) is 2.00. The predicted molar refractivity (Wildman–Crippen MR) is 97.8 cm³/mol. The first-order valence-corrected chi connectivity index (χ1v) is 8.66. The monoisotopic (exact) mass is 335 g/mol. The number of carbonyl (C=O) groups is 1. The summed E-state index contributed by atoms with van der Waals surface area (Å²) < 4.78 is 0. The highest BCUT2D eigenvalue weighted by atomic mass is 32.2. The van der Waals surface area contributed by atoms with Crippen LogP contribution in [0.1, 0.15) is 16.4 Å². The maximum Gasteiger partial charge on any atom is 0.325 e. The second-order valence-corrected chi connectivity index (χ2v) is 6.67. The molecule has 2 N–H and O–H groups in total. The molecule has 4 heteroatoms. The zero-order valence-corrected chi connectivity index (χ0v) is 14.2. The molecule has 3 rings (SSSR count). The molecule has 0 aliphatic heterocycles. The summed E-state index contributed by atoms with van der Waals surface area (Å²) in [5, 5.41) is 2.67. The predicted octanol–water partition coefficient (Wildman–Crippen LogP) is 4.28. The molecule has 0 radical (unpaired) electrons. The molecular weight excluding hydrogens is 316 g/mol. The molecule has 1 heterocycles. The summed E-state index contributed by atoms with van der Waals surface area (Å²) in [4.78, 5) is 17.0. The first kappa shape index (κ1) is 16.3. The Kier molecular flexibility index (Phi) is 5.29. The molecular formula is C20H19N2OS+. The van der Waals surface area contributed by atoms with Crippen molar-refractivity contribution in [1.29, 1.82) is 0 Å². The van der Waals surface area contributed by atoms with E-state index in [0.29, 0.717) is 5.82 Å². The molecule has 0 spiro atoms. The van der Waals surface area contributed by atoms with Crippen molar-refractivity contribution in [3.05, 3.63) is 90.1 Å². The van der Waals surface area contributed by atoms with Crippen LogP contribution < -0.4 is 10.3 Å². The summed E-state index contributed by atoms with van der Waals surface area (Å²) in [6, 6.07) is 23.7. The lowest BCUT2D eigenvalue weighted by molar-refractivity contribution is -0.360. The van der Waals surface area contributed by atoms with E-state index in [0.717, 1.165) is 16.0 Å². The van der Waals surface area contributed by atoms with Gasteiger partial charge in [0.2, 0.25) is 0 Å². The number of carbonyl (C=O) groups excluding carboxylic acids is 1. The van der Waals surface area contributed by atoms with Crippen molar-refractivity contribution >= 4 is 23.5 Å². The molecule has 120 valence electrons. The molecule has 1 aromatic heterocycles. The van der Waals surface area contributed by atoms with E-state index in [4.69, 9.17) is 0 Å². The highest BCUT2D eigenvalue weighted by Gasteiger charge is 2.26. The molecule has 0 saturated heterocycles. The molecule has 1 amide bonds. The fourth-order valence-electron chi connectivity index (χ4n) is 2.39. The van der Waals surface area contributed by atoms with Crippen molar-refractivity contribution in [2.24, 2.45) is 0 Å². The van der Waals surface area contributed by atoms with Crippen LogP contribution in [0.5, 0.6) is 0 Å². The Morgan fingerprint density at radius 1 is 1.00 bits per heavy atom. The third-order valence-electron chi connectivity index (χ3n) is 3.55. The fourth-order valence-corrected chi connectivity index (χ4v) is 3.43. The number of thioether (sulfide) groups is 1. The Hall–Kier alpha value is -2.59. The van der Waals surface area contributed by atoms with Crippen LogP contribution in [0.4, 0.5) is 5.82 Å². The number of H-pyrrole nitrogens is 1. The highest BCUT2D eigenvalue weighted by Crippen LogP contribution is 2.35. The number of rotatable bonds is 5. The SMILES string of the molecule is Cc1cc[nH+]c(NC(=O)C(Sc2ccccc2)c2ccccc2)c1. The van der Waals surface area contributed by atoms with Crippen LogP contribution in [0.25, 0.3) is 0 Å². The van der Waals surface area contributed by atoms with E-state index in [1.807, 2.05) is 85.9 Å². The smallest absolute Gasteiger partial charge is 0.247 e. The van der Waals surface area contributed by atoms with Gasteiger partial charge in [-0.2, -0.15) is 0 Å². The van der Waals surface area contributed by atoms with Gasteiger partial charge >= 0.3 is 5.91 Å². The van der Waals surface area contributed by atoms with Gasteiger partial charge in [-0.25, -0.2) is 15.1 Å². The van der Waals surface area contributed by atoms with E-state index in [1.54, 1.807) is 11.8 Å². The minimum absolute atomic E-state index is 0.0445. The maximum absolute atomic E-state index is 12.9. The third kappa shape index (κ3) is 4.24. The zero-order valence-electron chi connectivity index (χ0n) is 13.4. The molecule has 3 nitrogen and oxygen atoms in total. The number of benzene rings is 2. The van der Waals surface area contributed by atoms with Crippen molar-refractivity contribution in [3.8, 4) is 0 Å². The summed E-state index contributed by atoms with van der Waals surface area (Å²) >= 11 is 1.55. The zero-order chi connectivity index (χ0) is 16.8. The van der Waals surface area contributed by atoms with Crippen molar-refractivity contribution in [2.75, 3.05) is 5.32 Å². The molecule has 2 aromatic carbocycles. The minimum atomic E-state index is -0.317. The molecule has 0 saturated carbocycles. The lowest BCUT2D eigenvalue weighted by atomic mass is 10.1. The Labute approximate surface area is 146 Å². The van der Waals surface area contributed by atoms with Crippen LogP contribution in [-0.4, -0.2) is 5.91 Å². The van der Waals surface area contributed by atoms with Gasteiger partial charge in [-0.15, -0.1) is 11.8 Å². The van der Waals surface area contributed by atoms with Gasteiger partial charge in [-0.3, -0.25) is 0 Å². The van der Waals surface area contributed by atoms with E-state index >= 15 is 0 Å². The number of pyridine rings is 1. The number of aryl methyl sites for hydroxylation is 1. The first-order chi connectivity index (χ1) is 11.7. The molecule has 0 bridgehead atoms. The maximum atomic E-state index is 12.9. The number of nitrogens with one attached hydrogen (secondary N) is 2. The second-order valence-electron chi connectivity index (χ2n) is 5.49. The van der Waals surface area contributed by atoms with Gasteiger partial charge < -0.3 is 0 Å².